The SMILES string of the molecule is C#CCN(C=O)c1cccc(-c2c(Cl)cccc2Cl)c1. The van der Waals surface area contributed by atoms with Crippen molar-refractivity contribution in [2.24, 2.45) is 0 Å². The van der Waals surface area contributed by atoms with E-state index in [1.807, 2.05) is 18.2 Å². The number of amides is 1. The molecule has 0 heterocycles. The van der Waals surface area contributed by atoms with Crippen LogP contribution in [0.1, 0.15) is 0 Å². The Morgan fingerprint density at radius 1 is 1.15 bits per heavy atom. The molecule has 2 nitrogen and oxygen atoms in total. The number of hydrogen-bond acceptors (Lipinski definition) is 1. The highest BCUT2D eigenvalue weighted by atomic mass is 35.5. The minimum atomic E-state index is 0.212. The molecule has 0 radical (unpaired) electrons. The topological polar surface area (TPSA) is 20.3 Å². The molecule has 0 saturated heterocycles. The maximum atomic E-state index is 11.1. The van der Waals surface area contributed by atoms with Crippen molar-refractivity contribution in [3.8, 4) is 23.5 Å². The van der Waals surface area contributed by atoms with Crippen LogP contribution in [0.4, 0.5) is 5.69 Å². The van der Waals surface area contributed by atoms with Crippen molar-refractivity contribution in [2.75, 3.05) is 11.4 Å². The van der Waals surface area contributed by atoms with Crippen LogP contribution >= 0.6 is 23.2 Å². The number of halogens is 2. The predicted octanol–water partition coefficient (Wildman–Crippen LogP) is 4.26. The molecule has 2 aromatic rings. The molecule has 0 fully saturated rings. The monoisotopic (exact) mass is 303 g/mol. The maximum absolute atomic E-state index is 11.1. The van der Waals surface area contributed by atoms with Crippen LogP contribution in [0.3, 0.4) is 0 Å². The molecule has 100 valence electrons. The Morgan fingerprint density at radius 3 is 2.40 bits per heavy atom. The van der Waals surface area contributed by atoms with Crippen LogP contribution in [-0.4, -0.2) is 13.0 Å². The summed E-state index contributed by atoms with van der Waals surface area (Å²) in [4.78, 5) is 12.5. The molecule has 0 bridgehead atoms. The second kappa shape index (κ2) is 6.47. The molecule has 0 saturated carbocycles. The molecule has 1 amide bonds. The van der Waals surface area contributed by atoms with Crippen molar-refractivity contribution >= 4 is 35.3 Å². The van der Waals surface area contributed by atoms with Crippen molar-refractivity contribution in [2.45, 2.75) is 0 Å². The molecule has 2 aromatic carbocycles. The van der Waals surface area contributed by atoms with E-state index in [2.05, 4.69) is 5.92 Å². The number of carbonyl (C=O) groups is 1. The average Bonchev–Trinajstić information content (AvgIpc) is 2.45. The lowest BCUT2D eigenvalue weighted by Crippen LogP contribution is -2.20. The maximum Gasteiger partial charge on any atom is 0.214 e. The molecule has 20 heavy (non-hydrogen) atoms. The van der Waals surface area contributed by atoms with Crippen molar-refractivity contribution in [1.29, 1.82) is 0 Å². The zero-order valence-electron chi connectivity index (χ0n) is 10.5. The quantitative estimate of drug-likeness (QED) is 0.610. The second-order valence-electron chi connectivity index (χ2n) is 4.08. The van der Waals surface area contributed by atoms with Crippen LogP contribution in [0.25, 0.3) is 11.1 Å². The Kier molecular flexibility index (Phi) is 4.68. The molecule has 4 heteroatoms. The van der Waals surface area contributed by atoms with E-state index >= 15 is 0 Å². The Labute approximate surface area is 127 Å². The first-order chi connectivity index (χ1) is 9.67. The standard InChI is InChI=1S/C16H11Cl2NO/c1-2-9-19(11-20)13-6-3-5-12(10-13)16-14(17)7-4-8-15(16)18/h1,3-8,10-11H,9H2. The molecule has 0 N–H and O–H groups in total. The predicted molar refractivity (Wildman–Crippen MR) is 84.1 cm³/mol. The van der Waals surface area contributed by atoms with E-state index in [1.54, 1.807) is 24.3 Å². The van der Waals surface area contributed by atoms with Crippen molar-refractivity contribution in [1.82, 2.24) is 0 Å². The molecule has 0 aliphatic carbocycles. The van der Waals surface area contributed by atoms with E-state index in [4.69, 9.17) is 29.6 Å². The number of rotatable bonds is 4. The fraction of sp³-hybridized carbons (Fsp3) is 0.0625. The Bertz CT molecular complexity index is 656. The number of anilines is 1. The zero-order valence-corrected chi connectivity index (χ0v) is 12.0. The van der Waals surface area contributed by atoms with Crippen LogP contribution in [0, 0.1) is 12.3 Å². The van der Waals surface area contributed by atoms with Crippen molar-refractivity contribution < 1.29 is 4.79 Å². The van der Waals surface area contributed by atoms with Gasteiger partial charge < -0.3 is 4.90 Å². The summed E-state index contributed by atoms with van der Waals surface area (Å²) in [6.45, 7) is 0.212. The van der Waals surface area contributed by atoms with Crippen molar-refractivity contribution in [3.63, 3.8) is 0 Å². The lowest BCUT2D eigenvalue weighted by Gasteiger charge is -2.16. The fourth-order valence-electron chi connectivity index (χ4n) is 1.90. The first-order valence-corrected chi connectivity index (χ1v) is 6.63. The van der Waals surface area contributed by atoms with Gasteiger partial charge in [0, 0.05) is 21.3 Å². The van der Waals surface area contributed by atoms with Gasteiger partial charge in [-0.2, -0.15) is 0 Å². The van der Waals surface area contributed by atoms with Gasteiger partial charge in [0.1, 0.15) is 0 Å². The number of carbonyl (C=O) groups excluding carboxylic acids is 1. The highest BCUT2D eigenvalue weighted by molar-refractivity contribution is 6.39. The molecule has 0 spiro atoms. The highest BCUT2D eigenvalue weighted by Gasteiger charge is 2.10. The third kappa shape index (κ3) is 2.96. The lowest BCUT2D eigenvalue weighted by molar-refractivity contribution is -0.107. The van der Waals surface area contributed by atoms with E-state index in [0.717, 1.165) is 11.1 Å². The smallest absolute Gasteiger partial charge is 0.214 e. The van der Waals surface area contributed by atoms with Gasteiger partial charge in [-0.15, -0.1) is 6.42 Å². The molecule has 0 aromatic heterocycles. The number of hydrogen-bond donors (Lipinski definition) is 0. The summed E-state index contributed by atoms with van der Waals surface area (Å²) in [6, 6.07) is 12.7. The molecular weight excluding hydrogens is 293 g/mol. The van der Waals surface area contributed by atoms with E-state index in [9.17, 15) is 4.79 Å². The Balaban J connectivity index is 2.50. The summed E-state index contributed by atoms with van der Waals surface area (Å²) >= 11 is 12.4. The van der Waals surface area contributed by atoms with Gasteiger partial charge in [0.25, 0.3) is 0 Å². The van der Waals surface area contributed by atoms with Gasteiger partial charge in [0.05, 0.1) is 6.54 Å². The van der Waals surface area contributed by atoms with Gasteiger partial charge in [0.15, 0.2) is 0 Å². The molecular formula is C16H11Cl2NO. The molecule has 0 aliphatic rings. The van der Waals surface area contributed by atoms with Gasteiger partial charge in [-0.1, -0.05) is 47.3 Å². The summed E-state index contributed by atoms with van der Waals surface area (Å²) in [6.07, 6.45) is 5.95. The summed E-state index contributed by atoms with van der Waals surface area (Å²) in [5, 5.41) is 1.12. The largest absolute Gasteiger partial charge is 0.303 e. The Morgan fingerprint density at radius 2 is 1.80 bits per heavy atom. The summed E-state index contributed by atoms with van der Waals surface area (Å²) in [5.74, 6) is 2.44. The third-order valence-electron chi connectivity index (χ3n) is 2.82. The first kappa shape index (κ1) is 14.5. The molecule has 0 atom stereocenters. The first-order valence-electron chi connectivity index (χ1n) is 5.87. The van der Waals surface area contributed by atoms with E-state index in [1.165, 1.54) is 4.90 Å². The van der Waals surface area contributed by atoms with Gasteiger partial charge in [-0.25, -0.2) is 0 Å². The number of benzene rings is 2. The minimum absolute atomic E-state index is 0.212. The van der Waals surface area contributed by atoms with E-state index in [0.29, 0.717) is 22.1 Å². The van der Waals surface area contributed by atoms with E-state index in [-0.39, 0.29) is 6.54 Å². The summed E-state index contributed by atoms with van der Waals surface area (Å²) < 4.78 is 0. The molecule has 2 rings (SSSR count). The summed E-state index contributed by atoms with van der Waals surface area (Å²) in [5.41, 5.74) is 2.28. The van der Waals surface area contributed by atoms with Crippen LogP contribution < -0.4 is 4.90 Å². The van der Waals surface area contributed by atoms with Crippen molar-refractivity contribution in [3.05, 3.63) is 52.5 Å². The van der Waals surface area contributed by atoms with Gasteiger partial charge in [-0.05, 0) is 29.8 Å². The summed E-state index contributed by atoms with van der Waals surface area (Å²) in [7, 11) is 0. The van der Waals surface area contributed by atoms with Crippen LogP contribution in [0.2, 0.25) is 10.0 Å². The molecule has 0 aliphatic heterocycles. The number of terminal acetylenes is 1. The zero-order chi connectivity index (χ0) is 14.5. The normalized spacial score (nSPS) is 9.85. The number of nitrogens with zero attached hydrogens (tertiary/aromatic N) is 1. The third-order valence-corrected chi connectivity index (χ3v) is 3.45. The van der Waals surface area contributed by atoms with Gasteiger partial charge in [0.2, 0.25) is 6.41 Å². The minimum Gasteiger partial charge on any atom is -0.303 e. The van der Waals surface area contributed by atoms with Gasteiger partial charge in [-0.3, -0.25) is 4.79 Å². The lowest BCUT2D eigenvalue weighted by atomic mass is 10.0. The molecule has 0 unspecified atom stereocenters. The fourth-order valence-corrected chi connectivity index (χ4v) is 2.52. The Hall–Kier alpha value is -1.95. The van der Waals surface area contributed by atoms with E-state index < -0.39 is 0 Å². The van der Waals surface area contributed by atoms with Crippen LogP contribution in [0.15, 0.2) is 42.5 Å². The van der Waals surface area contributed by atoms with Crippen LogP contribution in [-0.2, 0) is 4.79 Å². The second-order valence-corrected chi connectivity index (χ2v) is 4.90. The van der Waals surface area contributed by atoms with Crippen LogP contribution in [0.5, 0.6) is 0 Å². The highest BCUT2D eigenvalue weighted by Crippen LogP contribution is 2.35. The van der Waals surface area contributed by atoms with Gasteiger partial charge >= 0.3 is 0 Å². The average molecular weight is 304 g/mol.